The first-order valence-electron chi connectivity index (χ1n) is 5.94. The molecule has 4 nitrogen and oxygen atoms in total. The molecule has 1 amide bonds. The van der Waals surface area contributed by atoms with Crippen molar-refractivity contribution in [2.75, 3.05) is 12.3 Å². The maximum Gasteiger partial charge on any atom is 0.251 e. The first kappa shape index (κ1) is 13.1. The van der Waals surface area contributed by atoms with E-state index < -0.39 is 0 Å². The van der Waals surface area contributed by atoms with Crippen LogP contribution in [0.2, 0.25) is 0 Å². The molecule has 0 saturated carbocycles. The Hall–Kier alpha value is -1.36. The second-order valence-electron chi connectivity index (χ2n) is 4.82. The minimum absolute atomic E-state index is 0.106. The van der Waals surface area contributed by atoms with Crippen LogP contribution in [0.5, 0.6) is 11.5 Å². The monoisotopic (exact) mass is 267 g/mol. The van der Waals surface area contributed by atoms with Gasteiger partial charge in [-0.3, -0.25) is 4.79 Å². The van der Waals surface area contributed by atoms with Crippen LogP contribution in [0.15, 0.2) is 18.2 Å². The molecule has 1 unspecified atom stereocenters. The van der Waals surface area contributed by atoms with Crippen LogP contribution in [0.3, 0.4) is 0 Å². The summed E-state index contributed by atoms with van der Waals surface area (Å²) in [6.45, 7) is 2.75. The number of rotatable bonds is 3. The SMILES string of the molecule is CC1(CNC(=O)c2cc(O)cc(O)c2)CCCS1. The van der Waals surface area contributed by atoms with Gasteiger partial charge >= 0.3 is 0 Å². The molecule has 1 saturated heterocycles. The van der Waals surface area contributed by atoms with Gasteiger partial charge in [-0.2, -0.15) is 11.8 Å². The van der Waals surface area contributed by atoms with E-state index >= 15 is 0 Å². The van der Waals surface area contributed by atoms with Gasteiger partial charge in [-0.1, -0.05) is 0 Å². The Morgan fingerprint density at radius 1 is 1.39 bits per heavy atom. The fourth-order valence-corrected chi connectivity index (χ4v) is 3.32. The average molecular weight is 267 g/mol. The number of benzene rings is 1. The van der Waals surface area contributed by atoms with Crippen LogP contribution in [0.1, 0.15) is 30.1 Å². The predicted octanol–water partition coefficient (Wildman–Crippen LogP) is 2.11. The van der Waals surface area contributed by atoms with Gasteiger partial charge in [-0.15, -0.1) is 0 Å². The van der Waals surface area contributed by atoms with E-state index in [9.17, 15) is 15.0 Å². The smallest absolute Gasteiger partial charge is 0.251 e. The Kier molecular flexibility index (Phi) is 3.71. The summed E-state index contributed by atoms with van der Waals surface area (Å²) >= 11 is 1.87. The lowest BCUT2D eigenvalue weighted by Gasteiger charge is -2.22. The van der Waals surface area contributed by atoms with Crippen molar-refractivity contribution in [2.45, 2.75) is 24.5 Å². The molecular weight excluding hydrogens is 250 g/mol. The molecule has 0 bridgehead atoms. The van der Waals surface area contributed by atoms with Gasteiger partial charge in [0.15, 0.2) is 0 Å². The number of phenols is 2. The maximum atomic E-state index is 11.9. The van der Waals surface area contributed by atoms with Crippen LogP contribution in [0, 0.1) is 0 Å². The highest BCUT2D eigenvalue weighted by atomic mass is 32.2. The maximum absolute atomic E-state index is 11.9. The van der Waals surface area contributed by atoms with Crippen LogP contribution < -0.4 is 5.32 Å². The van der Waals surface area contributed by atoms with Crippen LogP contribution in [-0.2, 0) is 0 Å². The van der Waals surface area contributed by atoms with Crippen molar-refractivity contribution in [1.29, 1.82) is 0 Å². The number of phenolic OH excluding ortho intramolecular Hbond substituents is 2. The molecule has 1 aliphatic heterocycles. The van der Waals surface area contributed by atoms with Gasteiger partial charge in [0, 0.05) is 22.9 Å². The van der Waals surface area contributed by atoms with E-state index in [0.29, 0.717) is 6.54 Å². The summed E-state index contributed by atoms with van der Waals surface area (Å²) in [6.07, 6.45) is 2.28. The van der Waals surface area contributed by atoms with E-state index in [4.69, 9.17) is 0 Å². The molecule has 0 radical (unpaired) electrons. The van der Waals surface area contributed by atoms with Crippen LogP contribution in [-0.4, -0.2) is 33.2 Å². The van der Waals surface area contributed by atoms with Crippen LogP contribution in [0.25, 0.3) is 0 Å². The van der Waals surface area contributed by atoms with Crippen molar-refractivity contribution >= 4 is 17.7 Å². The summed E-state index contributed by atoms with van der Waals surface area (Å²) in [5.41, 5.74) is 0.277. The first-order valence-corrected chi connectivity index (χ1v) is 6.92. The van der Waals surface area contributed by atoms with Gasteiger partial charge in [-0.05, 0) is 37.7 Å². The lowest BCUT2D eigenvalue weighted by Crippen LogP contribution is -2.36. The molecule has 3 N–H and O–H groups in total. The molecule has 1 heterocycles. The van der Waals surface area contributed by atoms with Gasteiger partial charge in [0.25, 0.3) is 5.91 Å². The third-order valence-corrected chi connectivity index (χ3v) is 4.63. The fraction of sp³-hybridized carbons (Fsp3) is 0.462. The largest absolute Gasteiger partial charge is 0.508 e. The topological polar surface area (TPSA) is 69.6 Å². The van der Waals surface area contributed by atoms with Gasteiger partial charge in [0.1, 0.15) is 11.5 Å². The summed E-state index contributed by atoms with van der Waals surface area (Å²) in [5.74, 6) is 0.650. The summed E-state index contributed by atoms with van der Waals surface area (Å²) in [4.78, 5) is 11.9. The number of amides is 1. The van der Waals surface area contributed by atoms with E-state index in [1.807, 2.05) is 11.8 Å². The zero-order valence-corrected chi connectivity index (χ0v) is 11.1. The highest BCUT2D eigenvalue weighted by Crippen LogP contribution is 2.37. The van der Waals surface area contributed by atoms with Crippen LogP contribution >= 0.6 is 11.8 Å². The Bertz CT molecular complexity index is 435. The molecule has 5 heteroatoms. The minimum atomic E-state index is -0.269. The molecule has 98 valence electrons. The molecule has 1 aromatic rings. The number of nitrogens with one attached hydrogen (secondary N) is 1. The first-order chi connectivity index (χ1) is 8.48. The number of thioether (sulfide) groups is 1. The Labute approximate surface area is 110 Å². The molecule has 2 rings (SSSR count). The lowest BCUT2D eigenvalue weighted by atomic mass is 10.1. The highest BCUT2D eigenvalue weighted by Gasteiger charge is 2.29. The molecule has 0 aromatic heterocycles. The Morgan fingerprint density at radius 2 is 2.06 bits per heavy atom. The second kappa shape index (κ2) is 5.10. The summed E-state index contributed by atoms with van der Waals surface area (Å²) in [6, 6.07) is 3.89. The van der Waals surface area contributed by atoms with Gasteiger partial charge < -0.3 is 15.5 Å². The predicted molar refractivity (Wildman–Crippen MR) is 72.2 cm³/mol. The van der Waals surface area contributed by atoms with E-state index in [-0.39, 0.29) is 27.7 Å². The van der Waals surface area contributed by atoms with Crippen LogP contribution in [0.4, 0.5) is 0 Å². The summed E-state index contributed by atoms with van der Waals surface area (Å²) < 4.78 is 0.106. The third kappa shape index (κ3) is 3.10. The summed E-state index contributed by atoms with van der Waals surface area (Å²) in [5, 5.41) is 21.5. The zero-order valence-electron chi connectivity index (χ0n) is 10.3. The fourth-order valence-electron chi connectivity index (χ4n) is 2.07. The number of hydrogen-bond donors (Lipinski definition) is 3. The lowest BCUT2D eigenvalue weighted by molar-refractivity contribution is 0.0949. The van der Waals surface area contributed by atoms with E-state index in [1.165, 1.54) is 24.6 Å². The molecule has 1 aliphatic rings. The zero-order chi connectivity index (χ0) is 13.2. The molecule has 1 aromatic carbocycles. The van der Waals surface area contributed by atoms with Crippen molar-refractivity contribution in [2.24, 2.45) is 0 Å². The highest BCUT2D eigenvalue weighted by molar-refractivity contribution is 8.00. The number of carbonyl (C=O) groups is 1. The van der Waals surface area contributed by atoms with Gasteiger partial charge in [0.2, 0.25) is 0 Å². The van der Waals surface area contributed by atoms with Crippen molar-refractivity contribution in [1.82, 2.24) is 5.32 Å². The van der Waals surface area contributed by atoms with E-state index in [2.05, 4.69) is 12.2 Å². The summed E-state index contributed by atoms with van der Waals surface area (Å²) in [7, 11) is 0. The minimum Gasteiger partial charge on any atom is -0.508 e. The molecular formula is C13H17NO3S. The van der Waals surface area contributed by atoms with Crippen molar-refractivity contribution in [3.05, 3.63) is 23.8 Å². The Balaban J connectivity index is 1.99. The van der Waals surface area contributed by atoms with E-state index in [0.717, 1.165) is 12.2 Å². The average Bonchev–Trinajstić information content (AvgIpc) is 2.72. The van der Waals surface area contributed by atoms with Crippen molar-refractivity contribution in [3.63, 3.8) is 0 Å². The normalized spacial score (nSPS) is 22.9. The number of hydrogen-bond acceptors (Lipinski definition) is 4. The third-order valence-electron chi connectivity index (χ3n) is 3.09. The second-order valence-corrected chi connectivity index (χ2v) is 6.51. The molecule has 1 fully saturated rings. The number of aromatic hydroxyl groups is 2. The number of carbonyl (C=O) groups excluding carboxylic acids is 1. The van der Waals surface area contributed by atoms with Gasteiger partial charge in [0.05, 0.1) is 0 Å². The molecule has 1 atom stereocenters. The van der Waals surface area contributed by atoms with E-state index in [1.54, 1.807) is 0 Å². The Morgan fingerprint density at radius 3 is 2.61 bits per heavy atom. The molecule has 0 spiro atoms. The van der Waals surface area contributed by atoms with Crippen molar-refractivity contribution < 1.29 is 15.0 Å². The van der Waals surface area contributed by atoms with Gasteiger partial charge in [-0.25, -0.2) is 0 Å². The standard InChI is InChI=1S/C13H17NO3S/c1-13(3-2-4-18-13)8-14-12(17)9-5-10(15)7-11(16)6-9/h5-7,15-16H,2-4,8H2,1H3,(H,14,17). The van der Waals surface area contributed by atoms with Crippen molar-refractivity contribution in [3.8, 4) is 11.5 Å². The quantitative estimate of drug-likeness (QED) is 0.784. The molecule has 0 aliphatic carbocycles. The molecule has 18 heavy (non-hydrogen) atoms.